The monoisotopic (exact) mass is 466 g/mol. The summed E-state index contributed by atoms with van der Waals surface area (Å²) in [5.41, 5.74) is 8.45. The van der Waals surface area contributed by atoms with Gasteiger partial charge >= 0.3 is 0 Å². The zero-order valence-corrected chi connectivity index (χ0v) is 20.1. The maximum atomic E-state index is 5.10. The zero-order valence-electron chi connectivity index (χ0n) is 20.1. The molecule has 1 aliphatic rings. The van der Waals surface area contributed by atoms with Crippen LogP contribution in [0, 0.1) is 6.92 Å². The van der Waals surface area contributed by atoms with Crippen LogP contribution in [-0.2, 0) is 0 Å². The summed E-state index contributed by atoms with van der Waals surface area (Å²) in [6.07, 6.45) is 0.785. The molecule has 0 fully saturated rings. The fraction of sp³-hybridized carbons (Fsp3) is 0.0938. The lowest BCUT2D eigenvalue weighted by Gasteiger charge is -2.23. The van der Waals surface area contributed by atoms with Crippen molar-refractivity contribution in [1.82, 2.24) is 9.97 Å². The van der Waals surface area contributed by atoms with Crippen molar-refractivity contribution in [2.45, 2.75) is 19.4 Å². The van der Waals surface area contributed by atoms with Gasteiger partial charge < -0.3 is 0 Å². The Morgan fingerprint density at radius 2 is 1.14 bits per heavy atom. The highest BCUT2D eigenvalue weighted by molar-refractivity contribution is 6.03. The van der Waals surface area contributed by atoms with E-state index in [-0.39, 0.29) is 6.04 Å². The number of benzene rings is 4. The van der Waals surface area contributed by atoms with Gasteiger partial charge in [0, 0.05) is 17.5 Å². The number of aryl methyl sites for hydroxylation is 1. The van der Waals surface area contributed by atoms with Crippen LogP contribution < -0.4 is 5.01 Å². The standard InChI is InChI=1S/C32H26N4/c1-23-17-19-26(20-18-23)29-21-28(24-11-5-2-6-12-24)33-32(34-29)36-31(27-15-9-4-10-16-27)22-30(35-36)25-13-7-3-8-14-25/h2-21,31H,22H2,1H3/t31-/m1/s1. The predicted octanol–water partition coefficient (Wildman–Crippen LogP) is 7.47. The van der Waals surface area contributed by atoms with Crippen molar-refractivity contribution < 1.29 is 0 Å². The van der Waals surface area contributed by atoms with Gasteiger partial charge in [-0.3, -0.25) is 0 Å². The molecule has 0 N–H and O–H groups in total. The highest BCUT2D eigenvalue weighted by atomic mass is 15.5. The van der Waals surface area contributed by atoms with E-state index in [9.17, 15) is 0 Å². The SMILES string of the molecule is Cc1ccc(-c2cc(-c3ccccc3)nc(N3N=C(c4ccccc4)C[C@@H]3c3ccccc3)n2)cc1. The molecule has 1 aliphatic heterocycles. The summed E-state index contributed by atoms with van der Waals surface area (Å²) in [4.78, 5) is 10.1. The largest absolute Gasteiger partial charge is 0.247 e. The number of nitrogens with zero attached hydrogens (tertiary/aromatic N) is 4. The second-order valence-electron chi connectivity index (χ2n) is 9.06. The van der Waals surface area contributed by atoms with Crippen LogP contribution in [0.25, 0.3) is 22.5 Å². The molecule has 4 heteroatoms. The Kier molecular flexibility index (Phi) is 5.84. The van der Waals surface area contributed by atoms with Crippen LogP contribution in [-0.4, -0.2) is 15.7 Å². The molecule has 2 heterocycles. The Morgan fingerprint density at radius 3 is 1.75 bits per heavy atom. The Morgan fingerprint density at radius 1 is 0.611 bits per heavy atom. The first kappa shape index (κ1) is 21.9. The van der Waals surface area contributed by atoms with Crippen LogP contribution in [0.4, 0.5) is 5.95 Å². The summed E-state index contributed by atoms with van der Waals surface area (Å²) in [5.74, 6) is 0.603. The van der Waals surface area contributed by atoms with E-state index < -0.39 is 0 Å². The van der Waals surface area contributed by atoms with Crippen LogP contribution in [0.3, 0.4) is 0 Å². The van der Waals surface area contributed by atoms with Gasteiger partial charge in [-0.05, 0) is 24.1 Å². The van der Waals surface area contributed by atoms with E-state index in [2.05, 4.69) is 97.9 Å². The van der Waals surface area contributed by atoms with Gasteiger partial charge in [-0.15, -0.1) is 0 Å². The summed E-state index contributed by atoms with van der Waals surface area (Å²) >= 11 is 0. The highest BCUT2D eigenvalue weighted by Crippen LogP contribution is 2.37. The number of hydrogen-bond acceptors (Lipinski definition) is 4. The van der Waals surface area contributed by atoms with E-state index >= 15 is 0 Å². The minimum absolute atomic E-state index is 0.0123. The van der Waals surface area contributed by atoms with E-state index in [0.29, 0.717) is 5.95 Å². The minimum Gasteiger partial charge on any atom is -0.223 e. The number of rotatable bonds is 5. The molecule has 1 atom stereocenters. The van der Waals surface area contributed by atoms with Gasteiger partial charge in [-0.25, -0.2) is 15.0 Å². The van der Waals surface area contributed by atoms with Crippen molar-refractivity contribution >= 4 is 11.7 Å². The average molecular weight is 467 g/mol. The molecular weight excluding hydrogens is 440 g/mol. The fourth-order valence-corrected chi connectivity index (χ4v) is 4.60. The first-order chi connectivity index (χ1) is 17.7. The van der Waals surface area contributed by atoms with Gasteiger partial charge in [0.2, 0.25) is 5.95 Å². The lowest BCUT2D eigenvalue weighted by atomic mass is 9.98. The third-order valence-electron chi connectivity index (χ3n) is 6.54. The molecule has 0 unspecified atom stereocenters. The normalized spacial score (nSPS) is 15.1. The van der Waals surface area contributed by atoms with Crippen LogP contribution in [0.5, 0.6) is 0 Å². The number of hydrogen-bond donors (Lipinski definition) is 0. The molecule has 4 aromatic carbocycles. The summed E-state index contributed by atoms with van der Waals surface area (Å²) in [6, 6.07) is 41.7. The van der Waals surface area contributed by atoms with Gasteiger partial charge in [0.1, 0.15) is 0 Å². The predicted molar refractivity (Wildman–Crippen MR) is 147 cm³/mol. The second-order valence-corrected chi connectivity index (χ2v) is 9.06. The third kappa shape index (κ3) is 4.41. The van der Waals surface area contributed by atoms with E-state index in [1.165, 1.54) is 11.1 Å². The van der Waals surface area contributed by atoms with Gasteiger partial charge in [-0.2, -0.15) is 5.10 Å². The fourth-order valence-electron chi connectivity index (χ4n) is 4.60. The molecular formula is C32H26N4. The molecule has 6 rings (SSSR count). The Hall–Kier alpha value is -4.57. The molecule has 4 nitrogen and oxygen atoms in total. The minimum atomic E-state index is 0.0123. The Labute approximate surface area is 211 Å². The van der Waals surface area contributed by atoms with Crippen LogP contribution >= 0.6 is 0 Å². The maximum Gasteiger partial charge on any atom is 0.247 e. The van der Waals surface area contributed by atoms with Crippen LogP contribution in [0.2, 0.25) is 0 Å². The lowest BCUT2D eigenvalue weighted by molar-refractivity contribution is 0.687. The average Bonchev–Trinajstić information content (AvgIpc) is 3.40. The number of anilines is 1. The first-order valence-corrected chi connectivity index (χ1v) is 12.2. The number of hydrazone groups is 1. The van der Waals surface area contributed by atoms with Gasteiger partial charge in [-0.1, -0.05) is 121 Å². The molecule has 174 valence electrons. The molecule has 0 saturated heterocycles. The van der Waals surface area contributed by atoms with Gasteiger partial charge in [0.15, 0.2) is 0 Å². The van der Waals surface area contributed by atoms with E-state index in [4.69, 9.17) is 15.1 Å². The van der Waals surface area contributed by atoms with Crippen molar-refractivity contribution in [2.75, 3.05) is 5.01 Å². The summed E-state index contributed by atoms with van der Waals surface area (Å²) < 4.78 is 0. The van der Waals surface area contributed by atoms with Gasteiger partial charge in [0.05, 0.1) is 23.1 Å². The molecule has 0 aliphatic carbocycles. The number of aromatic nitrogens is 2. The van der Waals surface area contributed by atoms with E-state index in [1.807, 2.05) is 35.3 Å². The third-order valence-corrected chi connectivity index (χ3v) is 6.54. The second kappa shape index (κ2) is 9.59. The van der Waals surface area contributed by atoms with Crippen molar-refractivity contribution in [2.24, 2.45) is 5.10 Å². The van der Waals surface area contributed by atoms with Crippen LogP contribution in [0.1, 0.15) is 29.2 Å². The molecule has 5 aromatic rings. The zero-order chi connectivity index (χ0) is 24.3. The van der Waals surface area contributed by atoms with Crippen molar-refractivity contribution in [3.05, 3.63) is 138 Å². The Bertz CT molecular complexity index is 1500. The Balaban J connectivity index is 1.51. The summed E-state index contributed by atoms with van der Waals surface area (Å²) in [6.45, 7) is 2.10. The molecule has 0 saturated carbocycles. The van der Waals surface area contributed by atoms with Crippen molar-refractivity contribution in [3.8, 4) is 22.5 Å². The van der Waals surface area contributed by atoms with E-state index in [1.54, 1.807) is 0 Å². The van der Waals surface area contributed by atoms with Crippen LogP contribution in [0.15, 0.2) is 126 Å². The van der Waals surface area contributed by atoms with Gasteiger partial charge in [0.25, 0.3) is 0 Å². The molecule has 0 amide bonds. The van der Waals surface area contributed by atoms with Crippen molar-refractivity contribution in [3.63, 3.8) is 0 Å². The smallest absolute Gasteiger partial charge is 0.223 e. The van der Waals surface area contributed by atoms with Crippen molar-refractivity contribution in [1.29, 1.82) is 0 Å². The summed E-state index contributed by atoms with van der Waals surface area (Å²) in [5, 5.41) is 7.10. The summed E-state index contributed by atoms with van der Waals surface area (Å²) in [7, 11) is 0. The topological polar surface area (TPSA) is 41.4 Å². The lowest BCUT2D eigenvalue weighted by Crippen LogP contribution is -2.21. The molecule has 0 bridgehead atoms. The molecule has 0 spiro atoms. The maximum absolute atomic E-state index is 5.10. The molecule has 36 heavy (non-hydrogen) atoms. The molecule has 1 aromatic heterocycles. The first-order valence-electron chi connectivity index (χ1n) is 12.2. The van der Waals surface area contributed by atoms with E-state index in [0.717, 1.165) is 40.2 Å². The highest BCUT2D eigenvalue weighted by Gasteiger charge is 2.32. The molecule has 0 radical (unpaired) electrons. The quantitative estimate of drug-likeness (QED) is 0.270.